The lowest BCUT2D eigenvalue weighted by Crippen LogP contribution is -2.50. The van der Waals surface area contributed by atoms with Crippen molar-refractivity contribution in [1.82, 2.24) is 15.0 Å². The first-order valence-electron chi connectivity index (χ1n) is 16.5. The van der Waals surface area contributed by atoms with Gasteiger partial charge in [0, 0.05) is 32.4 Å². The number of hydrogen-bond acceptors (Lipinski definition) is 9. The van der Waals surface area contributed by atoms with Gasteiger partial charge in [0.25, 0.3) is 5.91 Å². The number of carbonyl (C=O) groups is 4. The molecule has 0 saturated carbocycles. The number of amides is 5. The fraction of sp³-hybridized carbons (Fsp3) is 0.457. The molecule has 0 saturated heterocycles. The van der Waals surface area contributed by atoms with Crippen LogP contribution in [0.4, 0.5) is 27.5 Å². The average molecular weight is 678 g/mol. The predicted molar refractivity (Wildman–Crippen MR) is 186 cm³/mol. The predicted octanol–water partition coefficient (Wildman–Crippen LogP) is 4.79. The Morgan fingerprint density at radius 3 is 2.31 bits per heavy atom. The fourth-order valence-corrected chi connectivity index (χ4v) is 5.56. The van der Waals surface area contributed by atoms with Gasteiger partial charge in [-0.3, -0.25) is 14.4 Å². The average Bonchev–Trinajstić information content (AvgIpc) is 3.39. The number of rotatable bonds is 13. The number of aliphatic hydroxyl groups excluding tert-OH is 1. The number of aliphatic hydroxyl groups is 1. The summed E-state index contributed by atoms with van der Waals surface area (Å²) in [6, 6.07) is 11.1. The van der Waals surface area contributed by atoms with E-state index < -0.39 is 18.2 Å². The van der Waals surface area contributed by atoms with E-state index in [1.54, 1.807) is 75.2 Å². The summed E-state index contributed by atoms with van der Waals surface area (Å²) in [6.07, 6.45) is 1.71. The zero-order valence-corrected chi connectivity index (χ0v) is 28.7. The first kappa shape index (κ1) is 36.7. The SMILES string of the molecule is Cc1noc(C)c1NC(=O)N(C)C[C@H]1Oc2c(NC(=O)CCCCCC(=O)Nc3ccccc3N)cccc2C(=O)N([C@H](C)CO)C[C@@H]1C. The third-order valence-corrected chi connectivity index (χ3v) is 8.57. The summed E-state index contributed by atoms with van der Waals surface area (Å²) in [6.45, 7) is 7.30. The molecule has 0 fully saturated rings. The second kappa shape index (κ2) is 16.8. The summed E-state index contributed by atoms with van der Waals surface area (Å²) in [5.41, 5.74) is 8.57. The van der Waals surface area contributed by atoms with Crippen LogP contribution in [0.2, 0.25) is 0 Å². The molecule has 0 unspecified atom stereocenters. The van der Waals surface area contributed by atoms with Crippen molar-refractivity contribution in [2.45, 2.75) is 71.9 Å². The van der Waals surface area contributed by atoms with E-state index in [1.807, 2.05) is 6.92 Å². The van der Waals surface area contributed by atoms with Crippen LogP contribution in [-0.2, 0) is 9.59 Å². The highest BCUT2D eigenvalue weighted by Gasteiger charge is 2.35. The van der Waals surface area contributed by atoms with Gasteiger partial charge in [0.15, 0.2) is 11.5 Å². The van der Waals surface area contributed by atoms with Gasteiger partial charge in [0.05, 0.1) is 41.8 Å². The Labute approximate surface area is 286 Å². The molecule has 1 aliphatic rings. The summed E-state index contributed by atoms with van der Waals surface area (Å²) in [5.74, 6) is -0.335. The Kier molecular flexibility index (Phi) is 12.6. The molecule has 2 aromatic carbocycles. The Bertz CT molecular complexity index is 1620. The zero-order chi connectivity index (χ0) is 35.7. The van der Waals surface area contributed by atoms with Crippen molar-refractivity contribution in [2.24, 2.45) is 5.92 Å². The number of carbonyl (C=O) groups excluding carboxylic acids is 4. The third-order valence-electron chi connectivity index (χ3n) is 8.57. The van der Waals surface area contributed by atoms with Crippen molar-refractivity contribution in [3.05, 3.63) is 59.5 Å². The summed E-state index contributed by atoms with van der Waals surface area (Å²) in [5, 5.41) is 22.4. The van der Waals surface area contributed by atoms with Gasteiger partial charge in [-0.05, 0) is 57.9 Å². The Balaban J connectivity index is 1.43. The summed E-state index contributed by atoms with van der Waals surface area (Å²) < 4.78 is 11.7. The monoisotopic (exact) mass is 677 g/mol. The summed E-state index contributed by atoms with van der Waals surface area (Å²) in [4.78, 5) is 55.4. The first-order valence-corrected chi connectivity index (χ1v) is 16.5. The van der Waals surface area contributed by atoms with Crippen molar-refractivity contribution < 1.29 is 33.5 Å². The van der Waals surface area contributed by atoms with Crippen molar-refractivity contribution in [1.29, 1.82) is 0 Å². The molecule has 3 aromatic rings. The van der Waals surface area contributed by atoms with Gasteiger partial charge >= 0.3 is 6.03 Å². The second-order valence-electron chi connectivity index (χ2n) is 12.6. The first-order chi connectivity index (χ1) is 23.4. The highest BCUT2D eigenvalue weighted by molar-refractivity contribution is 6.01. The molecule has 4 rings (SSSR count). The van der Waals surface area contributed by atoms with Gasteiger partial charge in [-0.2, -0.15) is 0 Å². The van der Waals surface area contributed by atoms with Crippen LogP contribution in [0.5, 0.6) is 5.75 Å². The Hall–Kier alpha value is -5.11. The number of urea groups is 1. The van der Waals surface area contributed by atoms with E-state index in [2.05, 4.69) is 21.1 Å². The number of unbranched alkanes of at least 4 members (excludes halogenated alkanes) is 2. The second-order valence-corrected chi connectivity index (χ2v) is 12.6. The lowest BCUT2D eigenvalue weighted by molar-refractivity contribution is -0.116. The van der Waals surface area contributed by atoms with E-state index >= 15 is 0 Å². The standard InChI is InChI=1S/C35H47N7O7/c1-21-18-42(22(2)20-43)34(46)25-12-11-15-28(33(25)48-29(21)19-41(5)35(47)39-32-23(3)40-49-24(32)4)38-31(45)17-8-6-7-16-30(44)37-27-14-10-9-13-26(27)36/h9-15,21-22,29,43H,6-8,16-20,36H2,1-5H3,(H,37,44)(H,38,45)(H,39,47)/t21-,22+,29+/m0/s1. The van der Waals surface area contributed by atoms with Crippen molar-refractivity contribution in [2.75, 3.05) is 48.4 Å². The fourth-order valence-electron chi connectivity index (χ4n) is 5.56. The minimum atomic E-state index is -0.587. The topological polar surface area (TPSA) is 192 Å². The number of nitrogens with zero attached hydrogens (tertiary/aromatic N) is 3. The van der Waals surface area contributed by atoms with Crippen LogP contribution in [0.3, 0.4) is 0 Å². The van der Waals surface area contributed by atoms with E-state index in [0.717, 1.165) is 0 Å². The maximum atomic E-state index is 13.8. The molecule has 14 nitrogen and oxygen atoms in total. The molecule has 0 spiro atoms. The molecular weight excluding hydrogens is 630 g/mol. The molecule has 1 aliphatic heterocycles. The van der Waals surface area contributed by atoms with Crippen molar-refractivity contribution >= 4 is 46.5 Å². The molecule has 49 heavy (non-hydrogen) atoms. The van der Waals surface area contributed by atoms with E-state index in [4.69, 9.17) is 15.0 Å². The Morgan fingerprint density at radius 2 is 1.67 bits per heavy atom. The number of likely N-dealkylation sites (N-methyl/N-ethyl adjacent to an activating group) is 1. The molecule has 2 heterocycles. The van der Waals surface area contributed by atoms with Crippen LogP contribution in [0.25, 0.3) is 0 Å². The smallest absolute Gasteiger partial charge is 0.321 e. The number of aryl methyl sites for hydroxylation is 2. The van der Waals surface area contributed by atoms with Crippen LogP contribution < -0.4 is 26.4 Å². The van der Waals surface area contributed by atoms with Crippen LogP contribution in [0.1, 0.15) is 67.8 Å². The van der Waals surface area contributed by atoms with E-state index in [9.17, 15) is 24.3 Å². The van der Waals surface area contributed by atoms with Crippen LogP contribution in [0.15, 0.2) is 47.0 Å². The number of para-hydroxylation sites is 3. The van der Waals surface area contributed by atoms with Crippen LogP contribution >= 0.6 is 0 Å². The number of benzene rings is 2. The van der Waals surface area contributed by atoms with Crippen molar-refractivity contribution in [3.63, 3.8) is 0 Å². The van der Waals surface area contributed by atoms with Gasteiger partial charge in [0.1, 0.15) is 17.5 Å². The highest BCUT2D eigenvalue weighted by atomic mass is 16.5. The van der Waals surface area contributed by atoms with E-state index in [0.29, 0.717) is 59.9 Å². The van der Waals surface area contributed by atoms with E-state index in [-0.39, 0.29) is 61.1 Å². The maximum Gasteiger partial charge on any atom is 0.321 e. The number of hydrogen-bond donors (Lipinski definition) is 5. The summed E-state index contributed by atoms with van der Waals surface area (Å²) in [7, 11) is 1.64. The molecular formula is C35H47N7O7. The number of nitrogen functional groups attached to an aromatic ring is 1. The highest BCUT2D eigenvalue weighted by Crippen LogP contribution is 2.35. The molecule has 14 heteroatoms. The quantitative estimate of drug-likeness (QED) is 0.125. The maximum absolute atomic E-state index is 13.8. The Morgan fingerprint density at radius 1 is 1.02 bits per heavy atom. The normalized spacial score (nSPS) is 16.4. The molecule has 1 aromatic heterocycles. The number of fused-ring (bicyclic) bond motifs is 1. The van der Waals surface area contributed by atoms with Crippen LogP contribution in [0, 0.1) is 19.8 Å². The number of nitrogens with one attached hydrogen (secondary N) is 3. The molecule has 264 valence electrons. The number of aromatic nitrogens is 1. The number of ether oxygens (including phenoxy) is 1. The van der Waals surface area contributed by atoms with Crippen LogP contribution in [-0.4, -0.2) is 82.7 Å². The molecule has 0 bridgehead atoms. The van der Waals surface area contributed by atoms with Gasteiger partial charge in [-0.15, -0.1) is 0 Å². The van der Waals surface area contributed by atoms with E-state index in [1.165, 1.54) is 4.90 Å². The van der Waals surface area contributed by atoms with Gasteiger partial charge < -0.3 is 45.9 Å². The minimum absolute atomic E-state index is 0.146. The van der Waals surface area contributed by atoms with Crippen molar-refractivity contribution in [3.8, 4) is 5.75 Å². The third kappa shape index (κ3) is 9.50. The lowest BCUT2D eigenvalue weighted by atomic mass is 9.99. The van der Waals surface area contributed by atoms with Gasteiger partial charge in [0.2, 0.25) is 11.8 Å². The molecule has 3 atom stereocenters. The largest absolute Gasteiger partial charge is 0.485 e. The lowest BCUT2D eigenvalue weighted by Gasteiger charge is -2.38. The summed E-state index contributed by atoms with van der Waals surface area (Å²) >= 11 is 0. The molecule has 0 radical (unpaired) electrons. The van der Waals surface area contributed by atoms with Gasteiger partial charge in [-0.25, -0.2) is 4.79 Å². The molecule has 0 aliphatic carbocycles. The number of anilines is 4. The number of nitrogens with two attached hydrogens (primary N) is 1. The van der Waals surface area contributed by atoms with Gasteiger partial charge in [-0.1, -0.05) is 36.7 Å². The minimum Gasteiger partial charge on any atom is -0.485 e. The molecule has 5 amide bonds. The zero-order valence-electron chi connectivity index (χ0n) is 28.7. The molecule has 6 N–H and O–H groups in total.